The van der Waals surface area contributed by atoms with Crippen LogP contribution < -0.4 is 14.4 Å². The van der Waals surface area contributed by atoms with E-state index in [-0.39, 0.29) is 11.3 Å². The van der Waals surface area contributed by atoms with Crippen LogP contribution in [0.15, 0.2) is 76.6 Å². The molecule has 1 unspecified atom stereocenters. The molecular weight excluding hydrogens is 444 g/mol. The number of fused-ring (bicyclic) bond motifs is 1. The third-order valence-electron chi connectivity index (χ3n) is 5.42. The number of Topliss-reactive ketones (excluding diaryl/α,β-unsaturated/α-hetero) is 1. The number of thiazole rings is 1. The summed E-state index contributed by atoms with van der Waals surface area (Å²) in [5.74, 6) is -0.609. The number of nitrogens with zero attached hydrogens (tertiary/aromatic N) is 2. The number of aromatic nitrogens is 1. The summed E-state index contributed by atoms with van der Waals surface area (Å²) < 4.78 is 16.6. The molecule has 33 heavy (non-hydrogen) atoms. The third kappa shape index (κ3) is 3.42. The number of methoxy groups -OCH3 is 2. The van der Waals surface area contributed by atoms with E-state index < -0.39 is 23.5 Å². The first kappa shape index (κ1) is 20.8. The van der Waals surface area contributed by atoms with E-state index in [4.69, 9.17) is 13.9 Å². The Labute approximate surface area is 192 Å². The maximum Gasteiger partial charge on any atom is 0.296 e. The Morgan fingerprint density at radius 1 is 1.09 bits per heavy atom. The van der Waals surface area contributed by atoms with Crippen molar-refractivity contribution in [2.75, 3.05) is 19.1 Å². The van der Waals surface area contributed by atoms with Gasteiger partial charge in [-0.2, -0.15) is 0 Å². The lowest BCUT2D eigenvalue weighted by Crippen LogP contribution is -2.30. The highest BCUT2D eigenvalue weighted by Crippen LogP contribution is 2.44. The molecule has 1 aliphatic heterocycles. The zero-order valence-electron chi connectivity index (χ0n) is 17.6. The van der Waals surface area contributed by atoms with Gasteiger partial charge in [0.05, 0.1) is 42.3 Å². The maximum absolute atomic E-state index is 13.3. The fraction of sp³-hybridized carbons (Fsp3) is 0.125. The van der Waals surface area contributed by atoms with E-state index in [2.05, 4.69) is 4.98 Å². The lowest BCUT2D eigenvalue weighted by Gasteiger charge is -2.24. The molecule has 5 rings (SSSR count). The van der Waals surface area contributed by atoms with Crippen LogP contribution >= 0.6 is 11.3 Å². The first-order valence-electron chi connectivity index (χ1n) is 9.95. The molecule has 0 bridgehead atoms. The van der Waals surface area contributed by atoms with Gasteiger partial charge < -0.3 is 19.0 Å². The van der Waals surface area contributed by atoms with Crippen LogP contribution in [-0.2, 0) is 4.79 Å². The minimum absolute atomic E-state index is 0.0266. The smallest absolute Gasteiger partial charge is 0.296 e. The van der Waals surface area contributed by atoms with Crippen LogP contribution in [0.2, 0.25) is 0 Å². The van der Waals surface area contributed by atoms with Crippen molar-refractivity contribution < 1.29 is 28.6 Å². The Hall–Kier alpha value is -4.11. The van der Waals surface area contributed by atoms with Crippen LogP contribution in [-0.4, -0.2) is 36.0 Å². The van der Waals surface area contributed by atoms with Gasteiger partial charge in [0, 0.05) is 0 Å². The lowest BCUT2D eigenvalue weighted by molar-refractivity contribution is -0.117. The minimum atomic E-state index is -0.900. The van der Waals surface area contributed by atoms with E-state index in [0.29, 0.717) is 27.7 Å². The fourth-order valence-corrected chi connectivity index (χ4v) is 4.82. The number of benzene rings is 2. The molecule has 0 fully saturated rings. The zero-order chi connectivity index (χ0) is 23.1. The topological polar surface area (TPSA) is 102 Å². The first-order valence-corrected chi connectivity index (χ1v) is 10.8. The van der Waals surface area contributed by atoms with Crippen LogP contribution in [0.4, 0.5) is 5.13 Å². The number of furan rings is 1. The van der Waals surface area contributed by atoms with Crippen molar-refractivity contribution in [1.82, 2.24) is 4.98 Å². The van der Waals surface area contributed by atoms with Gasteiger partial charge in [-0.25, -0.2) is 4.98 Å². The second-order valence-electron chi connectivity index (χ2n) is 7.25. The van der Waals surface area contributed by atoms with Gasteiger partial charge in [0.25, 0.3) is 5.91 Å². The van der Waals surface area contributed by atoms with Gasteiger partial charge in [0.1, 0.15) is 11.5 Å². The van der Waals surface area contributed by atoms with Crippen LogP contribution in [0.25, 0.3) is 10.2 Å². The van der Waals surface area contributed by atoms with Crippen molar-refractivity contribution in [1.29, 1.82) is 0 Å². The van der Waals surface area contributed by atoms with Gasteiger partial charge in [-0.3, -0.25) is 14.5 Å². The zero-order valence-corrected chi connectivity index (χ0v) is 18.5. The summed E-state index contributed by atoms with van der Waals surface area (Å²) in [7, 11) is 3.12. The Morgan fingerprint density at radius 2 is 1.82 bits per heavy atom. The first-order chi connectivity index (χ1) is 16.0. The number of aliphatic hydroxyl groups is 1. The number of ketones is 1. The van der Waals surface area contributed by atoms with Gasteiger partial charge in [-0.15, -0.1) is 0 Å². The fourth-order valence-electron chi connectivity index (χ4n) is 3.80. The van der Waals surface area contributed by atoms with Gasteiger partial charge in [0.15, 0.2) is 16.7 Å². The molecular formula is C24H18N2O6S. The standard InChI is InChI=1S/C24H18N2O6S/c1-30-14-7-5-13(6-8-14)20-19(21(27)17-4-3-11-32-17)22(28)23(29)26(20)24-25-16-10-9-15(31-2)12-18(16)33-24/h3-12,20,28H,1-2H3. The van der Waals surface area contributed by atoms with Crippen molar-refractivity contribution in [3.63, 3.8) is 0 Å². The number of amides is 1. The molecule has 1 amide bonds. The average molecular weight is 462 g/mol. The second kappa shape index (κ2) is 8.10. The monoisotopic (exact) mass is 462 g/mol. The Bertz CT molecular complexity index is 1390. The Morgan fingerprint density at radius 3 is 2.48 bits per heavy atom. The molecule has 1 N–H and O–H groups in total. The molecule has 166 valence electrons. The third-order valence-corrected chi connectivity index (χ3v) is 6.44. The van der Waals surface area contributed by atoms with Crippen LogP contribution in [0.3, 0.4) is 0 Å². The van der Waals surface area contributed by atoms with Gasteiger partial charge in [-0.05, 0) is 48.0 Å². The van der Waals surface area contributed by atoms with Crippen molar-refractivity contribution in [3.8, 4) is 11.5 Å². The largest absolute Gasteiger partial charge is 0.503 e. The maximum atomic E-state index is 13.3. The van der Waals surface area contributed by atoms with E-state index >= 15 is 0 Å². The number of rotatable bonds is 6. The van der Waals surface area contributed by atoms with E-state index in [0.717, 1.165) is 4.70 Å². The number of ether oxygens (including phenoxy) is 2. The Balaban J connectivity index is 1.66. The summed E-state index contributed by atoms with van der Waals surface area (Å²) in [6.45, 7) is 0. The van der Waals surface area contributed by atoms with Crippen LogP contribution in [0.5, 0.6) is 11.5 Å². The quantitative estimate of drug-likeness (QED) is 0.415. The minimum Gasteiger partial charge on any atom is -0.503 e. The van der Waals surface area contributed by atoms with Crippen molar-refractivity contribution >= 4 is 38.4 Å². The van der Waals surface area contributed by atoms with Crippen molar-refractivity contribution in [2.45, 2.75) is 6.04 Å². The molecule has 0 aliphatic carbocycles. The molecule has 9 heteroatoms. The molecule has 0 saturated carbocycles. The molecule has 0 radical (unpaired) electrons. The summed E-state index contributed by atoms with van der Waals surface area (Å²) in [5.41, 5.74) is 1.21. The van der Waals surface area contributed by atoms with Crippen molar-refractivity contribution in [3.05, 3.63) is 83.5 Å². The van der Waals surface area contributed by atoms with E-state index in [1.54, 1.807) is 56.7 Å². The summed E-state index contributed by atoms with van der Waals surface area (Å²) in [5, 5.41) is 11.2. The molecule has 8 nitrogen and oxygen atoms in total. The molecule has 0 spiro atoms. The molecule has 3 heterocycles. The number of aliphatic hydroxyl groups excluding tert-OH is 1. The average Bonchev–Trinajstić information content (AvgIpc) is 3.57. The number of anilines is 1. The molecule has 1 aliphatic rings. The van der Waals surface area contributed by atoms with Gasteiger partial charge in [-0.1, -0.05) is 23.5 Å². The summed E-state index contributed by atoms with van der Waals surface area (Å²) in [4.78, 5) is 32.4. The molecule has 0 saturated heterocycles. The van der Waals surface area contributed by atoms with E-state index in [9.17, 15) is 14.7 Å². The highest BCUT2D eigenvalue weighted by atomic mass is 32.1. The SMILES string of the molecule is COc1ccc(C2C(C(=O)c3ccco3)=C(O)C(=O)N2c2nc3ccc(OC)cc3s2)cc1. The van der Waals surface area contributed by atoms with Gasteiger partial charge >= 0.3 is 0 Å². The summed E-state index contributed by atoms with van der Waals surface area (Å²) in [6, 6.07) is 14.5. The normalized spacial score (nSPS) is 16.0. The van der Waals surface area contributed by atoms with E-state index in [1.165, 1.54) is 28.6 Å². The van der Waals surface area contributed by atoms with Gasteiger partial charge in [0.2, 0.25) is 5.78 Å². The second-order valence-corrected chi connectivity index (χ2v) is 8.26. The van der Waals surface area contributed by atoms with Crippen molar-refractivity contribution in [2.24, 2.45) is 0 Å². The number of carbonyl (C=O) groups is 2. The lowest BCUT2D eigenvalue weighted by atomic mass is 9.95. The Kier molecular flexibility index (Phi) is 5.10. The molecule has 2 aromatic carbocycles. The highest BCUT2D eigenvalue weighted by Gasteiger charge is 2.46. The predicted molar refractivity (Wildman–Crippen MR) is 122 cm³/mol. The number of hydrogen-bond acceptors (Lipinski definition) is 8. The summed E-state index contributed by atoms with van der Waals surface area (Å²) >= 11 is 1.26. The molecule has 4 aromatic rings. The predicted octanol–water partition coefficient (Wildman–Crippen LogP) is 4.69. The van der Waals surface area contributed by atoms with Crippen LogP contribution in [0.1, 0.15) is 22.2 Å². The summed E-state index contributed by atoms with van der Waals surface area (Å²) in [6.07, 6.45) is 1.36. The highest BCUT2D eigenvalue weighted by molar-refractivity contribution is 7.22. The van der Waals surface area contributed by atoms with Crippen LogP contribution in [0, 0.1) is 0 Å². The number of carbonyl (C=O) groups excluding carboxylic acids is 2. The molecule has 2 aromatic heterocycles. The molecule has 1 atom stereocenters. The van der Waals surface area contributed by atoms with E-state index in [1.807, 2.05) is 6.07 Å². The number of hydrogen-bond donors (Lipinski definition) is 1.